The number of carbonyl (C=O) groups is 1. The molecule has 9 heteroatoms. The molecule has 0 aliphatic heterocycles. The molecule has 0 unspecified atom stereocenters. The van der Waals surface area contributed by atoms with Gasteiger partial charge >= 0.3 is 0 Å². The highest BCUT2D eigenvalue weighted by Gasteiger charge is 2.26. The second-order valence-corrected chi connectivity index (χ2v) is 8.63. The van der Waals surface area contributed by atoms with Gasteiger partial charge in [0, 0.05) is 24.9 Å². The van der Waals surface area contributed by atoms with Crippen LogP contribution >= 0.6 is 11.8 Å². The monoisotopic (exact) mass is 438 g/mol. The minimum atomic E-state index is -0.390. The topological polar surface area (TPSA) is 106 Å². The van der Waals surface area contributed by atoms with Crippen LogP contribution in [0.5, 0.6) is 0 Å². The molecule has 0 aromatic carbocycles. The third-order valence-electron chi connectivity index (χ3n) is 5.48. The second-order valence-electron chi connectivity index (χ2n) is 7.65. The Balaban J connectivity index is 1.66. The summed E-state index contributed by atoms with van der Waals surface area (Å²) in [5.74, 6) is 1.04. The van der Waals surface area contributed by atoms with Crippen LogP contribution in [0.2, 0.25) is 0 Å². The number of hydrogen-bond acceptors (Lipinski definition) is 6. The van der Waals surface area contributed by atoms with E-state index in [1.165, 1.54) is 6.07 Å². The van der Waals surface area contributed by atoms with Crippen molar-refractivity contribution in [3.63, 3.8) is 0 Å². The summed E-state index contributed by atoms with van der Waals surface area (Å²) in [7, 11) is 1.81. The van der Waals surface area contributed by atoms with Crippen molar-refractivity contribution >= 4 is 17.7 Å². The van der Waals surface area contributed by atoms with Crippen LogP contribution in [0, 0.1) is 0 Å². The molecule has 0 radical (unpaired) electrons. The van der Waals surface area contributed by atoms with Gasteiger partial charge in [-0.25, -0.2) is 4.98 Å². The molecule has 2 N–H and O–H groups in total. The number of thioether (sulfide) groups is 1. The zero-order valence-corrected chi connectivity index (χ0v) is 18.5. The molecule has 0 saturated heterocycles. The van der Waals surface area contributed by atoms with Crippen molar-refractivity contribution in [2.45, 2.75) is 38.1 Å². The van der Waals surface area contributed by atoms with E-state index >= 15 is 0 Å². The van der Waals surface area contributed by atoms with Crippen molar-refractivity contribution in [3.05, 3.63) is 63.5 Å². The zero-order valence-electron chi connectivity index (χ0n) is 17.7. The van der Waals surface area contributed by atoms with Gasteiger partial charge in [-0.3, -0.25) is 19.3 Å². The van der Waals surface area contributed by atoms with Crippen molar-refractivity contribution in [1.82, 2.24) is 30.0 Å². The van der Waals surface area contributed by atoms with Gasteiger partial charge in [0.2, 0.25) is 0 Å². The Hall–Kier alpha value is -2.94. The first kappa shape index (κ1) is 21.3. The molecule has 31 heavy (non-hydrogen) atoms. The van der Waals surface area contributed by atoms with E-state index in [2.05, 4.69) is 25.4 Å². The van der Waals surface area contributed by atoms with Crippen LogP contribution < -0.4 is 10.9 Å². The third-order valence-corrected chi connectivity index (χ3v) is 6.12. The lowest BCUT2D eigenvalue weighted by molar-refractivity contribution is 0.0924. The van der Waals surface area contributed by atoms with Gasteiger partial charge in [0.15, 0.2) is 5.82 Å². The van der Waals surface area contributed by atoms with Gasteiger partial charge in [-0.15, -0.1) is 0 Å². The fourth-order valence-electron chi connectivity index (χ4n) is 4.00. The van der Waals surface area contributed by atoms with Crippen LogP contribution in [0.15, 0.2) is 35.3 Å². The number of hydrogen-bond donors (Lipinski definition) is 2. The molecule has 8 nitrogen and oxygen atoms in total. The summed E-state index contributed by atoms with van der Waals surface area (Å²) in [6.07, 6.45) is 8.28. The van der Waals surface area contributed by atoms with Crippen LogP contribution in [-0.2, 0) is 19.9 Å². The maximum absolute atomic E-state index is 13.3. The molecule has 0 bridgehead atoms. The first-order valence-electron chi connectivity index (χ1n) is 10.4. The summed E-state index contributed by atoms with van der Waals surface area (Å²) < 4.78 is 1.68. The van der Waals surface area contributed by atoms with Crippen molar-refractivity contribution in [2.24, 2.45) is 7.05 Å². The number of nitrogens with zero attached hydrogens (tertiary/aromatic N) is 4. The minimum absolute atomic E-state index is 0.175. The molecule has 1 atom stereocenters. The average Bonchev–Trinajstić information content (AvgIpc) is 3.12. The molecule has 1 aliphatic carbocycles. The summed E-state index contributed by atoms with van der Waals surface area (Å²) >= 11 is 1.69. The molecule has 1 aliphatic rings. The second kappa shape index (κ2) is 9.47. The van der Waals surface area contributed by atoms with Gasteiger partial charge in [0.1, 0.15) is 11.4 Å². The van der Waals surface area contributed by atoms with Crippen LogP contribution in [0.25, 0.3) is 11.5 Å². The quantitative estimate of drug-likeness (QED) is 0.588. The molecule has 0 spiro atoms. The average molecular weight is 439 g/mol. The van der Waals surface area contributed by atoms with Gasteiger partial charge < -0.3 is 10.3 Å². The Labute approximate surface area is 184 Å². The first-order valence-corrected chi connectivity index (χ1v) is 11.8. The molecule has 4 rings (SSSR count). The normalized spacial score (nSPS) is 14.1. The Morgan fingerprint density at radius 3 is 2.94 bits per heavy atom. The number of H-pyrrole nitrogens is 1. The number of amides is 1. The molecular formula is C22H26N6O2S. The van der Waals surface area contributed by atoms with Crippen molar-refractivity contribution < 1.29 is 4.79 Å². The number of nitrogens with one attached hydrogen (secondary N) is 2. The van der Waals surface area contributed by atoms with Crippen LogP contribution in [-0.4, -0.2) is 42.6 Å². The third kappa shape index (κ3) is 4.71. The molecule has 162 valence electrons. The van der Waals surface area contributed by atoms with Crippen LogP contribution in [0.1, 0.15) is 52.7 Å². The first-order chi connectivity index (χ1) is 15.1. The Morgan fingerprint density at radius 1 is 1.32 bits per heavy atom. The number of fused-ring (bicyclic) bond motifs is 1. The van der Waals surface area contributed by atoms with E-state index in [9.17, 15) is 9.59 Å². The van der Waals surface area contributed by atoms with E-state index in [1.54, 1.807) is 28.7 Å². The van der Waals surface area contributed by atoms with E-state index in [-0.39, 0.29) is 17.5 Å². The number of aromatic nitrogens is 5. The van der Waals surface area contributed by atoms with Gasteiger partial charge in [-0.2, -0.15) is 16.9 Å². The summed E-state index contributed by atoms with van der Waals surface area (Å²) in [5, 5.41) is 7.67. The van der Waals surface area contributed by atoms with E-state index in [1.807, 2.05) is 25.4 Å². The Morgan fingerprint density at radius 2 is 2.16 bits per heavy atom. The summed E-state index contributed by atoms with van der Waals surface area (Å²) in [5.41, 5.74) is 3.51. The maximum Gasteiger partial charge on any atom is 0.270 e. The molecule has 0 fully saturated rings. The summed E-state index contributed by atoms with van der Waals surface area (Å²) in [6, 6.07) is 6.50. The van der Waals surface area contributed by atoms with Gasteiger partial charge in [0.25, 0.3) is 11.5 Å². The van der Waals surface area contributed by atoms with E-state index in [0.29, 0.717) is 29.3 Å². The lowest BCUT2D eigenvalue weighted by Crippen LogP contribution is -2.32. The SMILES string of the molecule is CSCC[C@@H](NC(=O)c1c2c(nn1C)CCCC2)c1cc(=O)[nH]c(-c2ccccn2)n1. The van der Waals surface area contributed by atoms with E-state index in [4.69, 9.17) is 0 Å². The highest BCUT2D eigenvalue weighted by molar-refractivity contribution is 7.98. The molecule has 3 aromatic heterocycles. The van der Waals surface area contributed by atoms with Crippen molar-refractivity contribution in [2.75, 3.05) is 12.0 Å². The number of rotatable bonds is 7. The highest BCUT2D eigenvalue weighted by Crippen LogP contribution is 2.25. The lowest BCUT2D eigenvalue weighted by atomic mass is 9.95. The predicted molar refractivity (Wildman–Crippen MR) is 121 cm³/mol. The van der Waals surface area contributed by atoms with E-state index < -0.39 is 0 Å². The standard InChI is InChI=1S/C22H26N6O2S/c1-28-20(14-7-3-4-8-15(14)27-28)22(30)25-16(10-12-31-2)18-13-19(29)26-21(24-18)17-9-5-6-11-23-17/h5-6,9,11,13,16H,3-4,7-8,10,12H2,1-2H3,(H,25,30)(H,24,26,29)/t16-/m1/s1. The van der Waals surface area contributed by atoms with Crippen molar-refractivity contribution in [3.8, 4) is 11.5 Å². The summed E-state index contributed by atoms with van der Waals surface area (Å²) in [4.78, 5) is 37.3. The minimum Gasteiger partial charge on any atom is -0.342 e. The Bertz CT molecular complexity index is 1120. The molecular weight excluding hydrogens is 412 g/mol. The van der Waals surface area contributed by atoms with Gasteiger partial charge in [-0.1, -0.05) is 6.07 Å². The molecule has 3 aromatic rings. The number of carbonyl (C=O) groups excluding carboxylic acids is 1. The largest absolute Gasteiger partial charge is 0.342 e. The van der Waals surface area contributed by atoms with Crippen LogP contribution in [0.3, 0.4) is 0 Å². The fraction of sp³-hybridized carbons (Fsp3) is 0.409. The number of pyridine rings is 1. The molecule has 1 amide bonds. The van der Waals surface area contributed by atoms with Gasteiger partial charge in [-0.05, 0) is 56.2 Å². The highest BCUT2D eigenvalue weighted by atomic mass is 32.2. The predicted octanol–water partition coefficient (Wildman–Crippen LogP) is 2.67. The molecule has 3 heterocycles. The zero-order chi connectivity index (χ0) is 21.8. The van der Waals surface area contributed by atoms with E-state index in [0.717, 1.165) is 42.7 Å². The number of aryl methyl sites for hydroxylation is 2. The summed E-state index contributed by atoms with van der Waals surface area (Å²) in [6.45, 7) is 0. The molecule has 0 saturated carbocycles. The smallest absolute Gasteiger partial charge is 0.270 e. The maximum atomic E-state index is 13.3. The van der Waals surface area contributed by atoms with Crippen LogP contribution in [0.4, 0.5) is 0 Å². The number of aromatic amines is 1. The fourth-order valence-corrected chi connectivity index (χ4v) is 4.47. The van der Waals surface area contributed by atoms with Crippen molar-refractivity contribution in [1.29, 1.82) is 0 Å². The van der Waals surface area contributed by atoms with Gasteiger partial charge in [0.05, 0.1) is 17.4 Å². The lowest BCUT2D eigenvalue weighted by Gasteiger charge is -2.19. The Kier molecular flexibility index (Phi) is 6.50.